The van der Waals surface area contributed by atoms with Crippen molar-refractivity contribution in [2.45, 2.75) is 82.1 Å². The van der Waals surface area contributed by atoms with Crippen LogP contribution in [0.2, 0.25) is 0 Å². The summed E-state index contributed by atoms with van der Waals surface area (Å²) in [6.45, 7) is 2.44. The second-order valence-electron chi connectivity index (χ2n) is 8.77. The van der Waals surface area contributed by atoms with Crippen LogP contribution in [0.1, 0.15) is 51.9 Å². The Hall–Kier alpha value is -2.93. The maximum absolute atomic E-state index is 13.3. The van der Waals surface area contributed by atoms with E-state index in [1.807, 2.05) is 0 Å². The normalized spacial score (nSPS) is 27.0. The number of aliphatic imine (C=N–C) groups is 1. The number of amides is 4. The number of guanidine groups is 1. The summed E-state index contributed by atoms with van der Waals surface area (Å²) in [5.41, 5.74) is 16.2. The van der Waals surface area contributed by atoms with E-state index in [1.165, 1.54) is 11.8 Å². The number of nitrogens with two attached hydrogens (primary N) is 3. The number of rotatable bonds is 9. The van der Waals surface area contributed by atoms with E-state index >= 15 is 0 Å². The minimum Gasteiger partial charge on any atom is -0.391 e. The topological polar surface area (TPSA) is 218 Å². The van der Waals surface area contributed by atoms with Crippen LogP contribution in [-0.2, 0) is 19.2 Å². The molecule has 0 bridgehead atoms. The quantitative estimate of drug-likeness (QED) is 0.102. The highest BCUT2D eigenvalue weighted by atomic mass is 16.3. The summed E-state index contributed by atoms with van der Waals surface area (Å²) in [5.74, 6) is -2.16. The molecular formula is C21H38N8O5. The monoisotopic (exact) mass is 482 g/mol. The molecule has 0 aromatic carbocycles. The smallest absolute Gasteiger partial charge is 0.245 e. The van der Waals surface area contributed by atoms with Gasteiger partial charge in [0.2, 0.25) is 23.6 Å². The Morgan fingerprint density at radius 2 is 1.71 bits per heavy atom. The van der Waals surface area contributed by atoms with Gasteiger partial charge in [-0.2, -0.15) is 0 Å². The maximum atomic E-state index is 13.3. The van der Waals surface area contributed by atoms with Crippen LogP contribution in [0.25, 0.3) is 0 Å². The first-order chi connectivity index (χ1) is 16.1. The van der Waals surface area contributed by atoms with Gasteiger partial charge in [0, 0.05) is 13.1 Å². The van der Waals surface area contributed by atoms with Gasteiger partial charge >= 0.3 is 0 Å². The molecule has 2 heterocycles. The largest absolute Gasteiger partial charge is 0.391 e. The first-order valence-electron chi connectivity index (χ1n) is 11.8. The molecule has 0 spiro atoms. The van der Waals surface area contributed by atoms with Gasteiger partial charge in [0.05, 0.1) is 6.10 Å². The highest BCUT2D eigenvalue weighted by molar-refractivity contribution is 5.98. The van der Waals surface area contributed by atoms with Crippen LogP contribution in [0.15, 0.2) is 4.99 Å². The SMILES string of the molecule is CC(O)C1NC(=O)C(CCCN=C(N)N)NC(=O)C2CCCN2C(=O)C(CCCCN)NC1=O. The van der Waals surface area contributed by atoms with Crippen molar-refractivity contribution in [1.82, 2.24) is 20.9 Å². The first kappa shape index (κ1) is 27.3. The summed E-state index contributed by atoms with van der Waals surface area (Å²) in [7, 11) is 0. The van der Waals surface area contributed by atoms with Crippen molar-refractivity contribution in [2.24, 2.45) is 22.2 Å². The van der Waals surface area contributed by atoms with Crippen molar-refractivity contribution in [3.8, 4) is 0 Å². The molecule has 0 aromatic heterocycles. The molecule has 34 heavy (non-hydrogen) atoms. The molecular weight excluding hydrogens is 444 g/mol. The van der Waals surface area contributed by atoms with E-state index in [9.17, 15) is 24.3 Å². The third-order valence-corrected chi connectivity index (χ3v) is 6.04. The van der Waals surface area contributed by atoms with Gasteiger partial charge in [0.1, 0.15) is 24.2 Å². The summed E-state index contributed by atoms with van der Waals surface area (Å²) in [6.07, 6.45) is 2.04. The molecule has 0 aromatic rings. The van der Waals surface area contributed by atoms with Gasteiger partial charge in [0.25, 0.3) is 0 Å². The number of carbonyl (C=O) groups is 4. The van der Waals surface area contributed by atoms with E-state index in [2.05, 4.69) is 20.9 Å². The molecule has 13 heteroatoms. The first-order valence-corrected chi connectivity index (χ1v) is 11.8. The number of carbonyl (C=O) groups excluding carboxylic acids is 4. The number of nitrogens with one attached hydrogen (secondary N) is 3. The highest BCUT2D eigenvalue weighted by Crippen LogP contribution is 2.21. The Balaban J connectivity index is 2.31. The van der Waals surface area contributed by atoms with Crippen LogP contribution in [0, 0.1) is 0 Å². The molecule has 10 N–H and O–H groups in total. The van der Waals surface area contributed by atoms with Crippen LogP contribution in [0.3, 0.4) is 0 Å². The fourth-order valence-corrected chi connectivity index (χ4v) is 4.21. The van der Waals surface area contributed by atoms with E-state index in [0.717, 1.165) is 0 Å². The molecule has 5 unspecified atom stereocenters. The van der Waals surface area contributed by atoms with E-state index in [0.29, 0.717) is 51.6 Å². The molecule has 13 nitrogen and oxygen atoms in total. The van der Waals surface area contributed by atoms with Gasteiger partial charge in [-0.15, -0.1) is 0 Å². The number of unbranched alkanes of at least 4 members (excludes halogenated alkanes) is 1. The number of hydrogen-bond acceptors (Lipinski definition) is 7. The van der Waals surface area contributed by atoms with Crippen molar-refractivity contribution >= 4 is 29.6 Å². The van der Waals surface area contributed by atoms with Crippen molar-refractivity contribution in [1.29, 1.82) is 0 Å². The standard InChI is InChI=1S/C21H38N8O5/c1-12(30)16-19(33)27-14(6-2-3-9-22)20(34)29-11-5-8-15(29)18(32)26-13(17(31)28-16)7-4-10-25-21(23)24/h12-16,30H,2-11,22H2,1H3,(H,26,32)(H,27,33)(H,28,31)(H4,23,24,25). The molecule has 0 saturated carbocycles. The predicted octanol–water partition coefficient (Wildman–Crippen LogP) is -2.99. The molecule has 4 amide bonds. The van der Waals surface area contributed by atoms with Crippen molar-refractivity contribution in [2.75, 3.05) is 19.6 Å². The molecule has 5 atom stereocenters. The fraction of sp³-hybridized carbons (Fsp3) is 0.762. The molecule has 2 aliphatic rings. The predicted molar refractivity (Wildman–Crippen MR) is 125 cm³/mol. The Morgan fingerprint density at radius 3 is 2.35 bits per heavy atom. The molecule has 2 fully saturated rings. The Labute approximate surface area is 199 Å². The summed E-state index contributed by atoms with van der Waals surface area (Å²) in [5, 5.41) is 18.1. The lowest BCUT2D eigenvalue weighted by molar-refractivity contribution is -0.144. The van der Waals surface area contributed by atoms with E-state index in [1.54, 1.807) is 0 Å². The second kappa shape index (κ2) is 13.1. The third-order valence-electron chi connectivity index (χ3n) is 6.04. The number of aliphatic hydroxyl groups excluding tert-OH is 1. The van der Waals surface area contributed by atoms with Gasteiger partial charge in [0.15, 0.2) is 5.96 Å². The van der Waals surface area contributed by atoms with Crippen LogP contribution in [0.5, 0.6) is 0 Å². The Morgan fingerprint density at radius 1 is 1.03 bits per heavy atom. The van der Waals surface area contributed by atoms with Crippen LogP contribution >= 0.6 is 0 Å². The van der Waals surface area contributed by atoms with E-state index < -0.39 is 48.0 Å². The lowest BCUT2D eigenvalue weighted by Gasteiger charge is -2.33. The third kappa shape index (κ3) is 7.55. The fourth-order valence-electron chi connectivity index (χ4n) is 4.21. The van der Waals surface area contributed by atoms with Crippen molar-refractivity contribution in [3.63, 3.8) is 0 Å². The summed E-state index contributed by atoms with van der Waals surface area (Å²) >= 11 is 0. The minimum atomic E-state index is -1.30. The van der Waals surface area contributed by atoms with Crippen LogP contribution in [0.4, 0.5) is 0 Å². The number of aliphatic hydroxyl groups is 1. The summed E-state index contributed by atoms with van der Waals surface area (Å²) < 4.78 is 0. The average Bonchev–Trinajstić information content (AvgIpc) is 3.27. The van der Waals surface area contributed by atoms with Gasteiger partial charge in [-0.05, 0) is 58.4 Å². The number of nitrogens with zero attached hydrogens (tertiary/aromatic N) is 2. The van der Waals surface area contributed by atoms with Crippen molar-refractivity contribution < 1.29 is 24.3 Å². The summed E-state index contributed by atoms with van der Waals surface area (Å²) in [6, 6.07) is -3.92. The number of hydrogen-bond donors (Lipinski definition) is 7. The molecule has 2 rings (SSSR count). The highest BCUT2D eigenvalue weighted by Gasteiger charge is 2.40. The molecule has 0 aliphatic carbocycles. The van der Waals surface area contributed by atoms with Gasteiger partial charge < -0.3 is 43.2 Å². The minimum absolute atomic E-state index is 0.0841. The Kier molecular flexibility index (Phi) is 10.5. The van der Waals surface area contributed by atoms with Crippen LogP contribution in [-0.4, -0.2) is 89.5 Å². The van der Waals surface area contributed by atoms with Gasteiger partial charge in [-0.25, -0.2) is 0 Å². The lowest BCUT2D eigenvalue weighted by atomic mass is 10.0. The Bertz CT molecular complexity index is 770. The zero-order valence-electron chi connectivity index (χ0n) is 19.7. The van der Waals surface area contributed by atoms with Gasteiger partial charge in [-0.3, -0.25) is 24.2 Å². The zero-order valence-corrected chi connectivity index (χ0v) is 19.7. The van der Waals surface area contributed by atoms with Crippen molar-refractivity contribution in [3.05, 3.63) is 0 Å². The summed E-state index contributed by atoms with van der Waals surface area (Å²) in [4.78, 5) is 57.8. The maximum Gasteiger partial charge on any atom is 0.245 e. The molecule has 0 radical (unpaired) electrons. The lowest BCUT2D eigenvalue weighted by Crippen LogP contribution is -2.63. The molecule has 2 saturated heterocycles. The second-order valence-corrected chi connectivity index (χ2v) is 8.77. The number of fused-ring (bicyclic) bond motifs is 1. The zero-order chi connectivity index (χ0) is 25.3. The molecule has 2 aliphatic heterocycles. The average molecular weight is 483 g/mol. The van der Waals surface area contributed by atoms with Crippen LogP contribution < -0.4 is 33.2 Å². The molecule has 192 valence electrons. The van der Waals surface area contributed by atoms with Gasteiger partial charge in [-0.1, -0.05) is 0 Å². The van der Waals surface area contributed by atoms with E-state index in [4.69, 9.17) is 17.2 Å². The van der Waals surface area contributed by atoms with E-state index in [-0.39, 0.29) is 24.8 Å².